The molecule has 2 amide bonds. The van der Waals surface area contributed by atoms with Gasteiger partial charge in [0.05, 0.1) is 11.0 Å². The molecule has 114 valence electrons. The van der Waals surface area contributed by atoms with Crippen LogP contribution in [0.15, 0.2) is 24.3 Å². The van der Waals surface area contributed by atoms with Crippen LogP contribution in [-0.2, 0) is 0 Å². The number of benzene rings is 1. The van der Waals surface area contributed by atoms with Crippen LogP contribution in [0.25, 0.3) is 0 Å². The van der Waals surface area contributed by atoms with Crippen molar-refractivity contribution < 1.29 is 14.8 Å². The lowest BCUT2D eigenvalue weighted by Gasteiger charge is -2.25. The maximum absolute atomic E-state index is 11.8. The number of carbonyl (C=O) groups is 1. The molecule has 7 nitrogen and oxygen atoms in total. The third-order valence-corrected chi connectivity index (χ3v) is 3.62. The fourth-order valence-electron chi connectivity index (χ4n) is 2.56. The number of urea groups is 1. The number of nitro groups is 1. The Hall–Kier alpha value is -2.15. The van der Waals surface area contributed by atoms with E-state index in [1.165, 1.54) is 18.2 Å². The zero-order chi connectivity index (χ0) is 15.2. The van der Waals surface area contributed by atoms with Crippen LogP contribution in [0.5, 0.6) is 0 Å². The van der Waals surface area contributed by atoms with Gasteiger partial charge in [-0.05, 0) is 31.2 Å². The molecule has 2 rings (SSSR count). The van der Waals surface area contributed by atoms with E-state index in [2.05, 4.69) is 10.6 Å². The van der Waals surface area contributed by atoms with E-state index in [9.17, 15) is 20.0 Å². The minimum atomic E-state index is -0.507. The lowest BCUT2D eigenvalue weighted by molar-refractivity contribution is -0.384. The average molecular weight is 293 g/mol. The second-order valence-electron chi connectivity index (χ2n) is 5.33. The fraction of sp³-hybridized carbons (Fsp3) is 0.500. The smallest absolute Gasteiger partial charge is 0.319 e. The van der Waals surface area contributed by atoms with Crippen LogP contribution in [0, 0.1) is 16.0 Å². The van der Waals surface area contributed by atoms with Crippen LogP contribution in [0.4, 0.5) is 16.2 Å². The van der Waals surface area contributed by atoms with Gasteiger partial charge in [-0.1, -0.05) is 12.5 Å². The summed E-state index contributed by atoms with van der Waals surface area (Å²) in [6.07, 6.45) is 3.23. The molecule has 3 N–H and O–H groups in total. The Labute approximate surface area is 122 Å². The van der Waals surface area contributed by atoms with Crippen molar-refractivity contribution in [3.63, 3.8) is 0 Å². The quantitative estimate of drug-likeness (QED) is 0.585. The van der Waals surface area contributed by atoms with Crippen molar-refractivity contribution in [1.82, 2.24) is 5.32 Å². The average Bonchev–Trinajstić information content (AvgIpc) is 2.45. The van der Waals surface area contributed by atoms with Gasteiger partial charge in [-0.3, -0.25) is 10.1 Å². The number of aliphatic hydroxyl groups is 1. The number of anilines is 1. The summed E-state index contributed by atoms with van der Waals surface area (Å²) in [5.41, 5.74) is 0.314. The van der Waals surface area contributed by atoms with Crippen LogP contribution in [0.3, 0.4) is 0 Å². The molecule has 0 aliphatic heterocycles. The second-order valence-corrected chi connectivity index (χ2v) is 5.33. The van der Waals surface area contributed by atoms with E-state index >= 15 is 0 Å². The second kappa shape index (κ2) is 7.03. The van der Waals surface area contributed by atoms with Crippen molar-refractivity contribution in [2.45, 2.75) is 31.8 Å². The summed E-state index contributed by atoms with van der Waals surface area (Å²) in [6, 6.07) is 5.40. The Morgan fingerprint density at radius 3 is 2.95 bits per heavy atom. The summed E-state index contributed by atoms with van der Waals surface area (Å²) < 4.78 is 0. The SMILES string of the molecule is O=C(NCC1CCCC(O)C1)Nc1cccc([N+](=O)[O-])c1. The Morgan fingerprint density at radius 2 is 2.24 bits per heavy atom. The molecule has 0 saturated heterocycles. The van der Waals surface area contributed by atoms with Gasteiger partial charge in [-0.15, -0.1) is 0 Å². The highest BCUT2D eigenvalue weighted by Crippen LogP contribution is 2.23. The molecule has 1 aliphatic rings. The number of nitro benzene ring substituents is 1. The van der Waals surface area contributed by atoms with Gasteiger partial charge >= 0.3 is 6.03 Å². The van der Waals surface area contributed by atoms with Gasteiger partial charge in [0.1, 0.15) is 0 Å². The number of hydrogen-bond donors (Lipinski definition) is 3. The molecule has 0 bridgehead atoms. The number of amides is 2. The zero-order valence-electron chi connectivity index (χ0n) is 11.6. The Kier molecular flexibility index (Phi) is 5.10. The van der Waals surface area contributed by atoms with Gasteiger partial charge in [0, 0.05) is 24.4 Å². The molecular formula is C14H19N3O4. The Morgan fingerprint density at radius 1 is 1.43 bits per heavy atom. The molecule has 0 aromatic heterocycles. The summed E-state index contributed by atoms with van der Waals surface area (Å²) in [4.78, 5) is 21.9. The zero-order valence-corrected chi connectivity index (χ0v) is 11.6. The van der Waals surface area contributed by atoms with Crippen molar-refractivity contribution >= 4 is 17.4 Å². The van der Waals surface area contributed by atoms with Gasteiger partial charge in [0.25, 0.3) is 5.69 Å². The van der Waals surface area contributed by atoms with Gasteiger partial charge in [0.2, 0.25) is 0 Å². The van der Waals surface area contributed by atoms with E-state index in [0.717, 1.165) is 19.3 Å². The lowest BCUT2D eigenvalue weighted by atomic mass is 9.87. The van der Waals surface area contributed by atoms with E-state index in [-0.39, 0.29) is 17.7 Å². The highest BCUT2D eigenvalue weighted by molar-refractivity contribution is 5.89. The van der Waals surface area contributed by atoms with Crippen molar-refractivity contribution in [2.24, 2.45) is 5.92 Å². The number of nitrogens with one attached hydrogen (secondary N) is 2. The van der Waals surface area contributed by atoms with Gasteiger partial charge in [0.15, 0.2) is 0 Å². The molecule has 1 aromatic rings. The summed E-state index contributed by atoms with van der Waals surface area (Å²) >= 11 is 0. The summed E-state index contributed by atoms with van der Waals surface area (Å²) in [5, 5.41) is 25.5. The van der Waals surface area contributed by atoms with E-state index < -0.39 is 11.0 Å². The van der Waals surface area contributed by atoms with Crippen LogP contribution in [0.1, 0.15) is 25.7 Å². The molecule has 0 spiro atoms. The number of hydrogen-bond acceptors (Lipinski definition) is 4. The highest BCUT2D eigenvalue weighted by atomic mass is 16.6. The first-order valence-corrected chi connectivity index (χ1v) is 7.02. The molecular weight excluding hydrogens is 274 g/mol. The van der Waals surface area contributed by atoms with Crippen LogP contribution in [-0.4, -0.2) is 28.7 Å². The molecule has 7 heteroatoms. The fourth-order valence-corrected chi connectivity index (χ4v) is 2.56. The largest absolute Gasteiger partial charge is 0.393 e. The topological polar surface area (TPSA) is 104 Å². The molecule has 2 atom stereocenters. The standard InChI is InChI=1S/C14H19N3O4/c18-13-6-1-3-10(7-13)9-15-14(19)16-11-4-2-5-12(8-11)17(20)21/h2,4-5,8,10,13,18H,1,3,6-7,9H2,(H2,15,16,19). The van der Waals surface area contributed by atoms with Crippen molar-refractivity contribution in [2.75, 3.05) is 11.9 Å². The maximum atomic E-state index is 11.8. The van der Waals surface area contributed by atoms with Gasteiger partial charge in [-0.2, -0.15) is 0 Å². The first-order valence-electron chi connectivity index (χ1n) is 7.02. The number of rotatable bonds is 4. The first-order chi connectivity index (χ1) is 10.0. The van der Waals surface area contributed by atoms with Crippen molar-refractivity contribution in [1.29, 1.82) is 0 Å². The predicted molar refractivity (Wildman–Crippen MR) is 78.1 cm³/mol. The Bertz CT molecular complexity index is 521. The van der Waals surface area contributed by atoms with Gasteiger partial charge < -0.3 is 15.7 Å². The summed E-state index contributed by atoms with van der Waals surface area (Å²) in [7, 11) is 0. The molecule has 1 aliphatic carbocycles. The maximum Gasteiger partial charge on any atom is 0.319 e. The number of carbonyl (C=O) groups excluding carboxylic acids is 1. The minimum Gasteiger partial charge on any atom is -0.393 e. The lowest BCUT2D eigenvalue weighted by Crippen LogP contribution is -2.35. The van der Waals surface area contributed by atoms with E-state index in [0.29, 0.717) is 18.7 Å². The molecule has 1 saturated carbocycles. The molecule has 1 aromatic carbocycles. The van der Waals surface area contributed by atoms with Crippen LogP contribution in [0.2, 0.25) is 0 Å². The minimum absolute atomic E-state index is 0.0665. The van der Waals surface area contributed by atoms with Gasteiger partial charge in [-0.25, -0.2) is 4.79 Å². The molecule has 1 fully saturated rings. The van der Waals surface area contributed by atoms with E-state index in [4.69, 9.17) is 0 Å². The van der Waals surface area contributed by atoms with E-state index in [1.54, 1.807) is 6.07 Å². The van der Waals surface area contributed by atoms with Crippen molar-refractivity contribution in [3.8, 4) is 0 Å². The monoisotopic (exact) mass is 293 g/mol. The molecule has 0 radical (unpaired) electrons. The normalized spacial score (nSPS) is 21.6. The third kappa shape index (κ3) is 4.71. The van der Waals surface area contributed by atoms with E-state index in [1.807, 2.05) is 0 Å². The molecule has 2 unspecified atom stereocenters. The van der Waals surface area contributed by atoms with Crippen molar-refractivity contribution in [3.05, 3.63) is 34.4 Å². The Balaban J connectivity index is 1.81. The molecule has 0 heterocycles. The number of aliphatic hydroxyl groups excluding tert-OH is 1. The molecule has 21 heavy (non-hydrogen) atoms. The number of nitrogens with zero attached hydrogens (tertiary/aromatic N) is 1. The summed E-state index contributed by atoms with van der Waals surface area (Å²) in [5.74, 6) is 0.282. The number of non-ortho nitro benzene ring substituents is 1. The summed E-state index contributed by atoms with van der Waals surface area (Å²) in [6.45, 7) is 0.498. The van der Waals surface area contributed by atoms with Crippen LogP contribution >= 0.6 is 0 Å². The highest BCUT2D eigenvalue weighted by Gasteiger charge is 2.20. The first kappa shape index (κ1) is 15.2. The third-order valence-electron chi connectivity index (χ3n) is 3.62. The predicted octanol–water partition coefficient (Wildman–Crippen LogP) is 2.27. The van der Waals surface area contributed by atoms with Crippen LogP contribution < -0.4 is 10.6 Å².